The van der Waals surface area contributed by atoms with Crippen molar-refractivity contribution in [3.05, 3.63) is 35.4 Å². The Morgan fingerprint density at radius 3 is 2.18 bits per heavy atom. The van der Waals surface area contributed by atoms with E-state index in [4.69, 9.17) is 15.8 Å². The molecule has 1 atom stereocenters. The number of nitrogens with zero attached hydrogens (tertiary/aromatic N) is 1. The Balaban J connectivity index is 0.00000578. The van der Waals surface area contributed by atoms with Crippen molar-refractivity contribution in [1.82, 2.24) is 9.03 Å². The summed E-state index contributed by atoms with van der Waals surface area (Å²) in [5.41, 5.74) is 4.16. The Morgan fingerprint density at radius 1 is 1.15 bits per heavy atom. The summed E-state index contributed by atoms with van der Waals surface area (Å²) in [7, 11) is -5.39. The smallest absolute Gasteiger partial charge is 0.451 e. The average molecular weight is 532 g/mol. The van der Waals surface area contributed by atoms with E-state index in [1.807, 2.05) is 0 Å². The van der Waals surface area contributed by atoms with Gasteiger partial charge in [0, 0.05) is 19.6 Å². The van der Waals surface area contributed by atoms with E-state index in [9.17, 15) is 31.5 Å². The van der Waals surface area contributed by atoms with Crippen LogP contribution in [0.2, 0.25) is 6.32 Å². The van der Waals surface area contributed by atoms with Crippen LogP contribution in [0.4, 0.5) is 13.2 Å². The van der Waals surface area contributed by atoms with Crippen LogP contribution in [0.15, 0.2) is 24.3 Å². The number of piperidine rings is 1. The Morgan fingerprint density at radius 2 is 1.71 bits per heavy atom. The summed E-state index contributed by atoms with van der Waals surface area (Å²) < 4.78 is 66.6. The lowest BCUT2D eigenvalue weighted by atomic mass is 9.74. The van der Waals surface area contributed by atoms with Crippen molar-refractivity contribution in [3.63, 3.8) is 0 Å². The highest BCUT2D eigenvalue weighted by Crippen LogP contribution is 2.32. The van der Waals surface area contributed by atoms with Gasteiger partial charge in [0.25, 0.3) is 10.2 Å². The number of nitrogens with one attached hydrogen (secondary N) is 1. The van der Waals surface area contributed by atoms with E-state index in [1.165, 1.54) is 12.1 Å². The van der Waals surface area contributed by atoms with Crippen LogP contribution in [0.25, 0.3) is 0 Å². The molecule has 2 rings (SSSR count). The largest absolute Gasteiger partial charge is 0.480 e. The molecule has 1 aromatic carbocycles. The van der Waals surface area contributed by atoms with Crippen molar-refractivity contribution in [2.45, 2.75) is 56.7 Å². The van der Waals surface area contributed by atoms with Crippen LogP contribution in [-0.2, 0) is 27.7 Å². The van der Waals surface area contributed by atoms with E-state index in [-0.39, 0.29) is 57.6 Å². The summed E-state index contributed by atoms with van der Waals surface area (Å²) in [6.45, 7) is -0.0871. The minimum atomic E-state index is -4.48. The van der Waals surface area contributed by atoms with Crippen LogP contribution < -0.4 is 10.5 Å². The predicted molar refractivity (Wildman–Crippen MR) is 122 cm³/mol. The molecule has 1 unspecified atom stereocenters. The van der Waals surface area contributed by atoms with Gasteiger partial charge in [-0.1, -0.05) is 25.0 Å². The fraction of sp³-hybridized carbons (Fsp3) is 0.632. The summed E-state index contributed by atoms with van der Waals surface area (Å²) in [4.78, 5) is 11.8. The van der Waals surface area contributed by atoms with E-state index in [0.717, 1.165) is 16.4 Å². The van der Waals surface area contributed by atoms with Crippen molar-refractivity contribution < 1.29 is 41.5 Å². The van der Waals surface area contributed by atoms with E-state index in [1.54, 1.807) is 0 Å². The molecule has 1 aromatic rings. The molecule has 1 fully saturated rings. The van der Waals surface area contributed by atoms with Crippen molar-refractivity contribution in [3.8, 4) is 0 Å². The molecule has 0 aromatic heterocycles. The zero-order valence-electron chi connectivity index (χ0n) is 18.4. The van der Waals surface area contributed by atoms with Crippen LogP contribution in [0.5, 0.6) is 0 Å². The number of hydrogen-bond acceptors (Lipinski definition) is 6. The van der Waals surface area contributed by atoms with Gasteiger partial charge in [0.1, 0.15) is 5.54 Å². The van der Waals surface area contributed by atoms with Gasteiger partial charge < -0.3 is 20.9 Å². The average Bonchev–Trinajstić information content (AvgIpc) is 2.74. The number of unbranched alkanes of at least 4 members (excludes halogenated alkanes) is 1. The normalized spacial score (nSPS) is 17.6. The monoisotopic (exact) mass is 531 g/mol. The summed E-state index contributed by atoms with van der Waals surface area (Å²) >= 11 is 0. The number of aliphatic carboxylic acids is 1. The van der Waals surface area contributed by atoms with Gasteiger partial charge in [-0.25, -0.2) is 0 Å². The fourth-order valence-corrected chi connectivity index (χ4v) is 5.14. The molecule has 6 N–H and O–H groups in total. The Kier molecular flexibility index (Phi) is 11.3. The molecule has 0 saturated carbocycles. The molecule has 1 heterocycles. The van der Waals surface area contributed by atoms with Gasteiger partial charge in [0.05, 0.1) is 5.56 Å². The van der Waals surface area contributed by atoms with Crippen LogP contribution >= 0.6 is 12.4 Å². The molecule has 1 saturated heterocycles. The number of hydrogen-bond donors (Lipinski definition) is 5. The SMILES string of the molecule is Cl.NC(CCCCB(O)O)(C(=O)O)C1CCN(S(=O)(=O)NCc2ccc(C(F)(F)F)cc2)CC1. The third-order valence-electron chi connectivity index (χ3n) is 5.96. The molecule has 1 aliphatic heterocycles. The van der Waals surface area contributed by atoms with Gasteiger partial charge in [-0.2, -0.15) is 30.6 Å². The molecule has 9 nitrogen and oxygen atoms in total. The van der Waals surface area contributed by atoms with Gasteiger partial charge >= 0.3 is 19.3 Å². The first-order valence-electron chi connectivity index (χ1n) is 10.5. The quantitative estimate of drug-likeness (QED) is 0.215. The van der Waals surface area contributed by atoms with Crippen LogP contribution in [0, 0.1) is 5.92 Å². The Bertz CT molecular complexity index is 900. The number of carboxylic acids is 1. The first-order valence-corrected chi connectivity index (χ1v) is 12.0. The molecular formula is C19H30BClF3N3O6S. The van der Waals surface area contributed by atoms with Crippen LogP contribution in [0.1, 0.15) is 43.2 Å². The maximum atomic E-state index is 12.6. The Labute approximate surface area is 203 Å². The summed E-state index contributed by atoms with van der Waals surface area (Å²) in [5.74, 6) is -1.65. The predicted octanol–water partition coefficient (Wildman–Crippen LogP) is 1.60. The van der Waals surface area contributed by atoms with Gasteiger partial charge in [-0.05, 0) is 49.2 Å². The lowest BCUT2D eigenvalue weighted by molar-refractivity contribution is -0.146. The number of nitrogens with two attached hydrogens (primary N) is 1. The van der Waals surface area contributed by atoms with Crippen molar-refractivity contribution in [1.29, 1.82) is 0 Å². The number of benzene rings is 1. The number of alkyl halides is 3. The third-order valence-corrected chi connectivity index (χ3v) is 7.52. The summed E-state index contributed by atoms with van der Waals surface area (Å²) in [5, 5.41) is 27.5. The molecule has 15 heteroatoms. The van der Waals surface area contributed by atoms with Crippen molar-refractivity contribution in [2.75, 3.05) is 13.1 Å². The highest BCUT2D eigenvalue weighted by atomic mass is 35.5. The minimum absolute atomic E-state index is 0. The zero-order chi connectivity index (χ0) is 24.9. The lowest BCUT2D eigenvalue weighted by Gasteiger charge is -2.39. The second kappa shape index (κ2) is 12.5. The maximum absolute atomic E-state index is 12.6. The molecule has 34 heavy (non-hydrogen) atoms. The first kappa shape index (κ1) is 30.6. The lowest BCUT2D eigenvalue weighted by Crippen LogP contribution is -2.57. The van der Waals surface area contributed by atoms with Crippen LogP contribution in [0.3, 0.4) is 0 Å². The second-order valence-electron chi connectivity index (χ2n) is 8.27. The number of halogens is 4. The van der Waals surface area contributed by atoms with E-state index in [2.05, 4.69) is 4.72 Å². The molecule has 0 amide bonds. The fourth-order valence-electron chi connectivity index (χ4n) is 3.92. The van der Waals surface area contributed by atoms with Gasteiger partial charge in [-0.15, -0.1) is 12.4 Å². The number of carbonyl (C=O) groups is 1. The molecule has 0 bridgehead atoms. The van der Waals surface area contributed by atoms with E-state index in [0.29, 0.717) is 18.4 Å². The Hall–Kier alpha value is -1.42. The molecular weight excluding hydrogens is 502 g/mol. The molecule has 1 aliphatic rings. The van der Waals surface area contributed by atoms with Gasteiger partial charge in [-0.3, -0.25) is 4.79 Å². The van der Waals surface area contributed by atoms with Crippen LogP contribution in [-0.4, -0.2) is 59.6 Å². The number of rotatable bonds is 11. The van der Waals surface area contributed by atoms with E-state index < -0.39 is 46.5 Å². The van der Waals surface area contributed by atoms with Gasteiger partial charge in [0.15, 0.2) is 0 Å². The topological polar surface area (TPSA) is 153 Å². The zero-order valence-corrected chi connectivity index (χ0v) is 20.0. The summed E-state index contributed by atoms with van der Waals surface area (Å²) in [6.07, 6.45) is -3.01. The molecule has 0 spiro atoms. The highest BCUT2D eigenvalue weighted by molar-refractivity contribution is 7.87. The third kappa shape index (κ3) is 8.36. The maximum Gasteiger partial charge on any atom is 0.451 e. The second-order valence-corrected chi connectivity index (χ2v) is 10.0. The first-order chi connectivity index (χ1) is 15.3. The highest BCUT2D eigenvalue weighted by Gasteiger charge is 2.44. The van der Waals surface area contributed by atoms with Gasteiger partial charge in [0.2, 0.25) is 0 Å². The molecule has 194 valence electrons. The number of carboxylic acid groups (broad SMARTS) is 1. The molecule has 0 radical (unpaired) electrons. The van der Waals surface area contributed by atoms with E-state index >= 15 is 0 Å². The minimum Gasteiger partial charge on any atom is -0.480 e. The molecule has 0 aliphatic carbocycles. The van der Waals surface area contributed by atoms with Crippen molar-refractivity contribution >= 4 is 35.7 Å². The van der Waals surface area contributed by atoms with Crippen molar-refractivity contribution in [2.24, 2.45) is 11.7 Å². The summed E-state index contributed by atoms with van der Waals surface area (Å²) in [6, 6.07) is 4.15. The standard InChI is InChI=1S/C19H29BF3N3O6S.ClH/c21-19(22,23)16-5-3-14(4-6-16)13-25-33(31,32)26-11-7-15(8-12-26)18(24,17(27)28)9-1-2-10-20(29)30;/h3-6,15,25,29-30H,1-2,7-13,24H2,(H,27,28);1H.